The van der Waals surface area contributed by atoms with E-state index in [0.29, 0.717) is 17.2 Å². The van der Waals surface area contributed by atoms with Crippen LogP contribution in [0.5, 0.6) is 11.5 Å². The maximum Gasteiger partial charge on any atom is 0.248 e. The van der Waals surface area contributed by atoms with Crippen molar-refractivity contribution in [3.63, 3.8) is 0 Å². The van der Waals surface area contributed by atoms with Crippen molar-refractivity contribution >= 4 is 28.6 Å². The van der Waals surface area contributed by atoms with E-state index in [0.717, 1.165) is 22.2 Å². The zero-order chi connectivity index (χ0) is 18.5. The van der Waals surface area contributed by atoms with E-state index in [4.69, 9.17) is 9.47 Å². The number of pyridine rings is 1. The summed E-state index contributed by atoms with van der Waals surface area (Å²) in [6, 6.07) is 15.1. The highest BCUT2D eigenvalue weighted by molar-refractivity contribution is 6.06. The second-order valence-electron chi connectivity index (χ2n) is 5.77. The summed E-state index contributed by atoms with van der Waals surface area (Å²) >= 11 is 0. The first kappa shape index (κ1) is 17.5. The number of carbonyl (C=O) groups is 1. The van der Waals surface area contributed by atoms with Gasteiger partial charge in [-0.05, 0) is 42.8 Å². The molecule has 0 atom stereocenters. The number of fused-ring (bicyclic) bond motifs is 1. The molecule has 0 unspecified atom stereocenters. The maximum absolute atomic E-state index is 12.3. The second kappa shape index (κ2) is 7.70. The molecule has 3 aromatic rings. The van der Waals surface area contributed by atoms with E-state index in [9.17, 15) is 4.79 Å². The number of ether oxygens (including phenoxy) is 2. The number of aromatic nitrogens is 1. The van der Waals surface area contributed by atoms with Crippen LogP contribution < -0.4 is 14.8 Å². The molecule has 0 bridgehead atoms. The molecule has 0 saturated carbocycles. The van der Waals surface area contributed by atoms with Gasteiger partial charge in [0.15, 0.2) is 11.5 Å². The molecule has 132 valence electrons. The van der Waals surface area contributed by atoms with Gasteiger partial charge in [0.05, 0.1) is 25.4 Å². The first-order chi connectivity index (χ1) is 12.6. The lowest BCUT2D eigenvalue weighted by molar-refractivity contribution is -0.111. The molecule has 1 N–H and O–H groups in total. The molecule has 5 nitrogen and oxygen atoms in total. The number of anilines is 1. The van der Waals surface area contributed by atoms with E-state index in [-0.39, 0.29) is 5.91 Å². The smallest absolute Gasteiger partial charge is 0.248 e. The van der Waals surface area contributed by atoms with Crippen molar-refractivity contribution in [2.24, 2.45) is 0 Å². The lowest BCUT2D eigenvalue weighted by Crippen LogP contribution is -2.08. The fraction of sp³-hybridized carbons (Fsp3) is 0.143. The number of aryl methyl sites for hydroxylation is 1. The number of benzene rings is 2. The van der Waals surface area contributed by atoms with Gasteiger partial charge in [0, 0.05) is 17.2 Å². The second-order valence-corrected chi connectivity index (χ2v) is 5.77. The third kappa shape index (κ3) is 3.83. The molecule has 0 fully saturated rings. The zero-order valence-electron chi connectivity index (χ0n) is 14.9. The fourth-order valence-corrected chi connectivity index (χ4v) is 2.65. The van der Waals surface area contributed by atoms with E-state index in [2.05, 4.69) is 10.3 Å². The first-order valence-corrected chi connectivity index (χ1v) is 8.18. The Labute approximate surface area is 152 Å². The molecule has 2 aromatic carbocycles. The van der Waals surface area contributed by atoms with Crippen molar-refractivity contribution in [1.29, 1.82) is 0 Å². The fourth-order valence-electron chi connectivity index (χ4n) is 2.65. The number of carbonyl (C=O) groups excluding carboxylic acids is 1. The highest BCUT2D eigenvalue weighted by atomic mass is 16.5. The Morgan fingerprint density at radius 3 is 2.62 bits per heavy atom. The van der Waals surface area contributed by atoms with Gasteiger partial charge in [0.25, 0.3) is 0 Å². The number of amides is 1. The molecule has 3 rings (SSSR count). The van der Waals surface area contributed by atoms with E-state index in [1.807, 2.05) is 49.4 Å². The van der Waals surface area contributed by atoms with Gasteiger partial charge in [-0.1, -0.05) is 24.3 Å². The van der Waals surface area contributed by atoms with E-state index in [1.165, 1.54) is 6.08 Å². The van der Waals surface area contributed by atoms with Crippen LogP contribution in [0.25, 0.3) is 17.0 Å². The Bertz CT molecular complexity index is 980. The molecular weight excluding hydrogens is 328 g/mol. The van der Waals surface area contributed by atoms with Crippen LogP contribution in [0.2, 0.25) is 0 Å². The molecule has 0 aliphatic carbocycles. The largest absolute Gasteiger partial charge is 0.493 e. The average Bonchev–Trinajstić information content (AvgIpc) is 2.66. The van der Waals surface area contributed by atoms with Crippen LogP contribution in [-0.4, -0.2) is 25.1 Å². The lowest BCUT2D eigenvalue weighted by atomic mass is 10.1. The highest BCUT2D eigenvalue weighted by Gasteiger charge is 2.06. The molecule has 1 heterocycles. The molecule has 0 aliphatic rings. The lowest BCUT2D eigenvalue weighted by Gasteiger charge is -2.08. The number of methoxy groups -OCH3 is 2. The Balaban J connectivity index is 1.79. The third-order valence-corrected chi connectivity index (χ3v) is 3.95. The van der Waals surface area contributed by atoms with E-state index in [1.54, 1.807) is 26.4 Å². The summed E-state index contributed by atoms with van der Waals surface area (Å²) in [5, 5.41) is 3.87. The van der Waals surface area contributed by atoms with Crippen molar-refractivity contribution in [3.8, 4) is 11.5 Å². The average molecular weight is 348 g/mol. The Morgan fingerprint density at radius 2 is 1.85 bits per heavy atom. The summed E-state index contributed by atoms with van der Waals surface area (Å²) in [5.41, 5.74) is 3.21. The van der Waals surface area contributed by atoms with Crippen LogP contribution >= 0.6 is 0 Å². The van der Waals surface area contributed by atoms with Crippen LogP contribution in [0.4, 0.5) is 5.69 Å². The number of nitrogens with zero attached hydrogens (tertiary/aromatic N) is 1. The quantitative estimate of drug-likeness (QED) is 0.702. The number of hydrogen-bond acceptors (Lipinski definition) is 4. The summed E-state index contributed by atoms with van der Waals surface area (Å²) in [4.78, 5) is 16.8. The van der Waals surface area contributed by atoms with Gasteiger partial charge >= 0.3 is 0 Å². The van der Waals surface area contributed by atoms with Crippen molar-refractivity contribution < 1.29 is 14.3 Å². The topological polar surface area (TPSA) is 60.5 Å². The molecule has 0 aliphatic heterocycles. The number of para-hydroxylation sites is 1. The summed E-state index contributed by atoms with van der Waals surface area (Å²) < 4.78 is 10.5. The minimum absolute atomic E-state index is 0.226. The number of nitrogens with one attached hydrogen (secondary N) is 1. The SMILES string of the molecule is COc1ccc(C=CC(=O)Nc2cccc3ccc(C)nc23)cc1OC. The Kier molecular flexibility index (Phi) is 5.17. The molecule has 0 spiro atoms. The van der Waals surface area contributed by atoms with Gasteiger partial charge in [0.1, 0.15) is 0 Å². The van der Waals surface area contributed by atoms with Gasteiger partial charge in [-0.2, -0.15) is 0 Å². The van der Waals surface area contributed by atoms with E-state index < -0.39 is 0 Å². The summed E-state index contributed by atoms with van der Waals surface area (Å²) in [5.74, 6) is 1.03. The monoisotopic (exact) mass is 348 g/mol. The van der Waals surface area contributed by atoms with Crippen molar-refractivity contribution in [2.45, 2.75) is 6.92 Å². The Morgan fingerprint density at radius 1 is 1.04 bits per heavy atom. The predicted octanol–water partition coefficient (Wildman–Crippen LogP) is 4.21. The third-order valence-electron chi connectivity index (χ3n) is 3.95. The zero-order valence-corrected chi connectivity index (χ0v) is 14.9. The minimum atomic E-state index is -0.226. The van der Waals surface area contributed by atoms with Crippen LogP contribution in [0.1, 0.15) is 11.3 Å². The molecule has 0 radical (unpaired) electrons. The normalized spacial score (nSPS) is 10.9. The Hall–Kier alpha value is -3.34. The molecule has 26 heavy (non-hydrogen) atoms. The summed E-state index contributed by atoms with van der Waals surface area (Å²) in [7, 11) is 3.16. The molecular formula is C21H20N2O3. The minimum Gasteiger partial charge on any atom is -0.493 e. The van der Waals surface area contributed by atoms with Gasteiger partial charge in [-0.25, -0.2) is 0 Å². The van der Waals surface area contributed by atoms with Crippen LogP contribution in [0, 0.1) is 6.92 Å². The molecule has 1 aromatic heterocycles. The summed E-state index contributed by atoms with van der Waals surface area (Å²) in [6.07, 6.45) is 3.21. The van der Waals surface area contributed by atoms with Crippen molar-refractivity contribution in [1.82, 2.24) is 4.98 Å². The predicted molar refractivity (Wildman–Crippen MR) is 104 cm³/mol. The van der Waals surface area contributed by atoms with Gasteiger partial charge in [0.2, 0.25) is 5.91 Å². The summed E-state index contributed by atoms with van der Waals surface area (Å²) in [6.45, 7) is 1.93. The molecule has 0 saturated heterocycles. The van der Waals surface area contributed by atoms with Crippen LogP contribution in [0.15, 0.2) is 54.6 Å². The number of rotatable bonds is 5. The number of hydrogen-bond donors (Lipinski definition) is 1. The highest BCUT2D eigenvalue weighted by Crippen LogP contribution is 2.28. The first-order valence-electron chi connectivity index (χ1n) is 8.18. The maximum atomic E-state index is 12.3. The van der Waals surface area contributed by atoms with E-state index >= 15 is 0 Å². The van der Waals surface area contributed by atoms with Crippen LogP contribution in [-0.2, 0) is 4.79 Å². The van der Waals surface area contributed by atoms with Crippen LogP contribution in [0.3, 0.4) is 0 Å². The standard InChI is InChI=1S/C21H20N2O3/c1-14-7-10-16-5-4-6-17(21(16)22-14)23-20(24)12-9-15-8-11-18(25-2)19(13-15)26-3/h4-13H,1-3H3,(H,23,24). The molecule has 1 amide bonds. The van der Waals surface area contributed by atoms with Gasteiger partial charge in [-0.15, -0.1) is 0 Å². The molecule has 5 heteroatoms. The van der Waals surface area contributed by atoms with Crippen molar-refractivity contribution in [2.75, 3.05) is 19.5 Å². The van der Waals surface area contributed by atoms with Crippen molar-refractivity contribution in [3.05, 3.63) is 65.9 Å². The van der Waals surface area contributed by atoms with Gasteiger partial charge < -0.3 is 14.8 Å². The van der Waals surface area contributed by atoms with Gasteiger partial charge in [-0.3, -0.25) is 9.78 Å².